The van der Waals surface area contributed by atoms with Crippen LogP contribution in [0, 0.1) is 0 Å². The predicted molar refractivity (Wildman–Crippen MR) is 109 cm³/mol. The van der Waals surface area contributed by atoms with E-state index in [1.54, 1.807) is 15.9 Å². The number of nitrogens with zero attached hydrogens (tertiary/aromatic N) is 3. The molecule has 4 heterocycles. The van der Waals surface area contributed by atoms with Crippen LogP contribution in [0.4, 0.5) is 0 Å². The quantitative estimate of drug-likeness (QED) is 0.652. The first kappa shape index (κ1) is 20.0. The highest BCUT2D eigenvalue weighted by Gasteiger charge is 2.56. The maximum Gasteiger partial charge on any atom is 0.259 e. The van der Waals surface area contributed by atoms with Crippen molar-refractivity contribution in [3.8, 4) is 11.5 Å². The number of hydrogen-bond acceptors (Lipinski definition) is 7. The van der Waals surface area contributed by atoms with Crippen molar-refractivity contribution in [1.82, 2.24) is 14.1 Å². The molecule has 1 aromatic rings. The molecule has 0 saturated carbocycles. The van der Waals surface area contributed by atoms with Crippen molar-refractivity contribution >= 4 is 33.6 Å². The maximum atomic E-state index is 13.2. The second-order valence-electron chi connectivity index (χ2n) is 7.68. The maximum absolute atomic E-state index is 13.2. The monoisotopic (exact) mass is 453 g/mol. The Morgan fingerprint density at radius 1 is 1.03 bits per heavy atom. The van der Waals surface area contributed by atoms with Gasteiger partial charge in [0, 0.05) is 51.0 Å². The number of carbonyl (C=O) groups is 2. The molecule has 0 radical (unpaired) electrons. The molecule has 2 amide bonds. The highest BCUT2D eigenvalue weighted by Crippen LogP contribution is 2.46. The Hall–Kier alpha value is -1.98. The molecule has 1 aromatic carbocycles. The van der Waals surface area contributed by atoms with E-state index < -0.39 is 14.9 Å². The first-order valence-corrected chi connectivity index (χ1v) is 12.5. The van der Waals surface area contributed by atoms with Gasteiger partial charge in [-0.25, -0.2) is 8.42 Å². The average molecular weight is 454 g/mol. The molecule has 30 heavy (non-hydrogen) atoms. The van der Waals surface area contributed by atoms with Gasteiger partial charge in [0.1, 0.15) is 13.2 Å². The first-order valence-electron chi connectivity index (χ1n) is 10.1. The highest BCUT2D eigenvalue weighted by atomic mass is 32.2. The van der Waals surface area contributed by atoms with Crippen molar-refractivity contribution in [1.29, 1.82) is 0 Å². The summed E-state index contributed by atoms with van der Waals surface area (Å²) < 4.78 is 38.6. The van der Waals surface area contributed by atoms with E-state index in [-0.39, 0.29) is 29.8 Å². The van der Waals surface area contributed by atoms with Crippen LogP contribution < -0.4 is 9.47 Å². The Kier molecular flexibility index (Phi) is 4.86. The molecule has 9 nitrogen and oxygen atoms in total. The molecule has 4 aliphatic rings. The fourth-order valence-electron chi connectivity index (χ4n) is 4.50. The van der Waals surface area contributed by atoms with Crippen LogP contribution in [0.3, 0.4) is 0 Å². The van der Waals surface area contributed by atoms with Gasteiger partial charge >= 0.3 is 0 Å². The minimum absolute atomic E-state index is 0.0353. The third kappa shape index (κ3) is 3.05. The SMILES string of the molecule is O=C1CC[C@]2(C(=O)N3CCN(S(=O)(=O)c4ccc5c(c4)OCCO5)CC3)SCCN12. The van der Waals surface area contributed by atoms with Gasteiger partial charge < -0.3 is 19.3 Å². The van der Waals surface area contributed by atoms with Gasteiger partial charge in [-0.3, -0.25) is 9.59 Å². The highest BCUT2D eigenvalue weighted by molar-refractivity contribution is 8.01. The Bertz CT molecular complexity index is 992. The molecule has 5 rings (SSSR count). The van der Waals surface area contributed by atoms with Crippen molar-refractivity contribution in [3.63, 3.8) is 0 Å². The number of fused-ring (bicyclic) bond motifs is 2. The van der Waals surface area contributed by atoms with Gasteiger partial charge in [0.2, 0.25) is 15.9 Å². The van der Waals surface area contributed by atoms with Crippen LogP contribution in [0.25, 0.3) is 0 Å². The van der Waals surface area contributed by atoms with Crippen LogP contribution in [-0.4, -0.2) is 90.9 Å². The van der Waals surface area contributed by atoms with E-state index in [0.29, 0.717) is 57.2 Å². The molecule has 4 aliphatic heterocycles. The lowest BCUT2D eigenvalue weighted by Gasteiger charge is -2.39. The first-order chi connectivity index (χ1) is 14.4. The molecule has 0 aliphatic carbocycles. The van der Waals surface area contributed by atoms with Gasteiger partial charge in [-0.2, -0.15) is 4.31 Å². The molecule has 162 valence electrons. The number of ether oxygens (including phenoxy) is 2. The molecule has 3 saturated heterocycles. The lowest BCUT2D eigenvalue weighted by Crippen LogP contribution is -2.58. The molecule has 0 spiro atoms. The summed E-state index contributed by atoms with van der Waals surface area (Å²) in [5, 5.41) is 0. The Morgan fingerprint density at radius 2 is 1.77 bits per heavy atom. The number of thioether (sulfide) groups is 1. The number of carbonyl (C=O) groups excluding carboxylic acids is 2. The summed E-state index contributed by atoms with van der Waals surface area (Å²) in [5.74, 6) is 1.70. The Morgan fingerprint density at radius 3 is 2.53 bits per heavy atom. The van der Waals surface area contributed by atoms with Crippen molar-refractivity contribution in [2.75, 3.05) is 51.7 Å². The van der Waals surface area contributed by atoms with E-state index >= 15 is 0 Å². The molecule has 0 N–H and O–H groups in total. The summed E-state index contributed by atoms with van der Waals surface area (Å²) in [7, 11) is -3.70. The molecule has 0 aromatic heterocycles. The van der Waals surface area contributed by atoms with Gasteiger partial charge in [0.15, 0.2) is 16.4 Å². The third-order valence-corrected chi connectivity index (χ3v) is 9.44. The standard InChI is InChI=1S/C19H23N3O6S2/c23-17-3-4-19(22(17)9-12-29-19)18(24)20-5-7-21(8-6-20)30(25,26)14-1-2-15-16(13-14)28-11-10-27-15/h1-2,13H,3-12H2/t19-/m1/s1. The van der Waals surface area contributed by atoms with Gasteiger partial charge in [0.25, 0.3) is 5.91 Å². The van der Waals surface area contributed by atoms with Crippen molar-refractivity contribution in [2.45, 2.75) is 22.6 Å². The zero-order valence-corrected chi connectivity index (χ0v) is 18.0. The van der Waals surface area contributed by atoms with Crippen LogP contribution in [0.1, 0.15) is 12.8 Å². The largest absolute Gasteiger partial charge is 0.486 e. The second kappa shape index (κ2) is 7.31. The summed E-state index contributed by atoms with van der Waals surface area (Å²) in [6, 6.07) is 4.64. The molecule has 0 unspecified atom stereocenters. The van der Waals surface area contributed by atoms with E-state index in [1.165, 1.54) is 28.2 Å². The predicted octanol–water partition coefficient (Wildman–Crippen LogP) is 0.356. The van der Waals surface area contributed by atoms with Gasteiger partial charge in [-0.05, 0) is 18.6 Å². The summed E-state index contributed by atoms with van der Waals surface area (Å²) >= 11 is 1.54. The van der Waals surface area contributed by atoms with E-state index in [4.69, 9.17) is 9.47 Å². The van der Waals surface area contributed by atoms with Crippen molar-refractivity contribution in [2.24, 2.45) is 0 Å². The van der Waals surface area contributed by atoms with E-state index in [9.17, 15) is 18.0 Å². The molecule has 1 atom stereocenters. The van der Waals surface area contributed by atoms with Crippen LogP contribution in [0.5, 0.6) is 11.5 Å². The fourth-order valence-corrected chi connectivity index (χ4v) is 7.40. The Labute approximate surface area is 179 Å². The lowest BCUT2D eigenvalue weighted by atomic mass is 10.1. The van der Waals surface area contributed by atoms with Gasteiger partial charge in [-0.15, -0.1) is 11.8 Å². The van der Waals surface area contributed by atoms with Gasteiger partial charge in [0.05, 0.1) is 4.90 Å². The molecule has 11 heteroatoms. The zero-order valence-electron chi connectivity index (χ0n) is 16.4. The van der Waals surface area contributed by atoms with Crippen molar-refractivity contribution < 1.29 is 27.5 Å². The lowest BCUT2D eigenvalue weighted by molar-refractivity contribution is -0.143. The van der Waals surface area contributed by atoms with E-state index in [0.717, 1.165) is 5.75 Å². The summed E-state index contributed by atoms with van der Waals surface area (Å²) in [4.78, 5) is 28.2. The molecule has 3 fully saturated rings. The van der Waals surface area contributed by atoms with Crippen LogP contribution in [0.15, 0.2) is 23.1 Å². The average Bonchev–Trinajstić information content (AvgIpc) is 3.34. The van der Waals surface area contributed by atoms with Gasteiger partial charge in [-0.1, -0.05) is 0 Å². The second-order valence-corrected chi connectivity index (χ2v) is 11.0. The normalized spacial score (nSPS) is 26.7. The number of amides is 2. The van der Waals surface area contributed by atoms with Crippen LogP contribution in [0.2, 0.25) is 0 Å². The summed E-state index contributed by atoms with van der Waals surface area (Å²) in [6.07, 6.45) is 0.933. The van der Waals surface area contributed by atoms with E-state index in [1.807, 2.05) is 0 Å². The van der Waals surface area contributed by atoms with Crippen LogP contribution >= 0.6 is 11.8 Å². The van der Waals surface area contributed by atoms with Crippen molar-refractivity contribution in [3.05, 3.63) is 18.2 Å². The number of hydrogen-bond donors (Lipinski definition) is 0. The number of piperazine rings is 1. The zero-order chi connectivity index (χ0) is 20.9. The smallest absolute Gasteiger partial charge is 0.259 e. The van der Waals surface area contributed by atoms with Crippen LogP contribution in [-0.2, 0) is 19.6 Å². The minimum Gasteiger partial charge on any atom is -0.486 e. The molecular weight excluding hydrogens is 430 g/mol. The summed E-state index contributed by atoms with van der Waals surface area (Å²) in [6.45, 7) is 2.50. The number of rotatable bonds is 3. The molecule has 0 bridgehead atoms. The minimum atomic E-state index is -3.70. The third-order valence-electron chi connectivity index (χ3n) is 6.08. The van der Waals surface area contributed by atoms with E-state index in [2.05, 4.69) is 0 Å². The number of benzene rings is 1. The fraction of sp³-hybridized carbons (Fsp3) is 0.579. The summed E-state index contributed by atoms with van der Waals surface area (Å²) in [5.41, 5.74) is 0. The topological polar surface area (TPSA) is 96.5 Å². The molecular formula is C19H23N3O6S2. The Balaban J connectivity index is 1.29. The number of sulfonamides is 1.